The molecule has 1 heterocycles. The molecule has 1 atom stereocenters. The van der Waals surface area contributed by atoms with Gasteiger partial charge in [-0.05, 0) is 39.0 Å². The van der Waals surface area contributed by atoms with Crippen LogP contribution in [-0.2, 0) is 4.79 Å². The lowest BCUT2D eigenvalue weighted by Crippen LogP contribution is -2.47. The molecular weight excluding hydrogens is 406 g/mol. The van der Waals surface area contributed by atoms with E-state index in [4.69, 9.17) is 0 Å². The minimum atomic E-state index is -0.602. The van der Waals surface area contributed by atoms with Crippen molar-refractivity contribution < 1.29 is 4.79 Å². The van der Waals surface area contributed by atoms with Gasteiger partial charge >= 0.3 is 0 Å². The number of amides is 1. The topological polar surface area (TPSA) is 70.1 Å². The largest absolute Gasteiger partial charge is 0.362 e. The Bertz CT molecular complexity index is 740. The van der Waals surface area contributed by atoms with Crippen LogP contribution in [-0.4, -0.2) is 46.4 Å². The number of alkyl halides is 1. The summed E-state index contributed by atoms with van der Waals surface area (Å²) in [6, 6.07) is 0.562. The lowest BCUT2D eigenvalue weighted by Gasteiger charge is -2.32. The summed E-state index contributed by atoms with van der Waals surface area (Å²) in [5, 5.41) is 6.67. The Morgan fingerprint density at radius 2 is 1.93 bits per heavy atom. The number of hydrogen-bond acceptors (Lipinski definition) is 5. The molecule has 7 heteroatoms. The van der Waals surface area contributed by atoms with Crippen LogP contribution in [0.3, 0.4) is 0 Å². The highest BCUT2D eigenvalue weighted by molar-refractivity contribution is 9.10. The van der Waals surface area contributed by atoms with E-state index in [1.807, 2.05) is 56.4 Å². The normalized spacial score (nSPS) is 27.3. The Kier molecular flexibility index (Phi) is 6.19. The first-order chi connectivity index (χ1) is 12.9. The molecule has 1 saturated carbocycles. The van der Waals surface area contributed by atoms with Gasteiger partial charge in [-0.1, -0.05) is 40.2 Å². The maximum absolute atomic E-state index is 12.6. The molecule has 0 aliphatic heterocycles. The highest BCUT2D eigenvalue weighted by Crippen LogP contribution is 2.29. The van der Waals surface area contributed by atoms with Gasteiger partial charge in [0.1, 0.15) is 10.1 Å². The van der Waals surface area contributed by atoms with Gasteiger partial charge in [-0.3, -0.25) is 4.79 Å². The molecule has 6 nitrogen and oxygen atoms in total. The third-order valence-corrected chi connectivity index (χ3v) is 6.11. The van der Waals surface area contributed by atoms with Crippen molar-refractivity contribution in [2.24, 2.45) is 0 Å². The molecule has 2 aliphatic carbocycles. The van der Waals surface area contributed by atoms with Crippen LogP contribution in [0.5, 0.6) is 0 Å². The second-order valence-corrected chi connectivity index (χ2v) is 9.03. The average molecular weight is 434 g/mol. The van der Waals surface area contributed by atoms with Gasteiger partial charge in [0.05, 0.1) is 0 Å². The summed E-state index contributed by atoms with van der Waals surface area (Å²) < 4.78 is -0.602. The lowest BCUT2D eigenvalue weighted by atomic mass is 9.90. The third kappa shape index (κ3) is 4.89. The van der Waals surface area contributed by atoms with Crippen LogP contribution in [0.4, 0.5) is 11.8 Å². The van der Waals surface area contributed by atoms with Crippen molar-refractivity contribution in [3.63, 3.8) is 0 Å². The zero-order valence-corrected chi connectivity index (χ0v) is 17.8. The van der Waals surface area contributed by atoms with Crippen LogP contribution in [0.15, 0.2) is 30.5 Å². The molecule has 2 N–H and O–H groups in total. The van der Waals surface area contributed by atoms with Crippen molar-refractivity contribution in [3.05, 3.63) is 36.1 Å². The van der Waals surface area contributed by atoms with E-state index < -0.39 is 4.32 Å². The summed E-state index contributed by atoms with van der Waals surface area (Å²) in [5.74, 6) is 1.66. The van der Waals surface area contributed by atoms with Crippen molar-refractivity contribution >= 4 is 33.6 Å². The first-order valence-electron chi connectivity index (χ1n) is 9.49. The molecule has 1 fully saturated rings. The number of aromatic nitrogens is 2. The van der Waals surface area contributed by atoms with E-state index in [0.717, 1.165) is 37.1 Å². The monoisotopic (exact) mass is 433 g/mol. The number of nitrogens with one attached hydrogen (secondary N) is 2. The van der Waals surface area contributed by atoms with E-state index in [-0.39, 0.29) is 11.9 Å². The van der Waals surface area contributed by atoms with Crippen molar-refractivity contribution in [3.8, 4) is 0 Å². The molecular formula is C20H28BrN5O. The van der Waals surface area contributed by atoms with Gasteiger partial charge < -0.3 is 15.5 Å². The first-order valence-corrected chi connectivity index (χ1v) is 10.3. The lowest BCUT2D eigenvalue weighted by molar-refractivity contribution is -0.123. The van der Waals surface area contributed by atoms with Gasteiger partial charge in [0.15, 0.2) is 0 Å². The van der Waals surface area contributed by atoms with E-state index >= 15 is 0 Å². The standard InChI is InChI=1S/C20H28BrN5O/c1-14-13-22-19(25-17(14)26(2)3)24-16-9-7-15(8-10-16)23-18(27)20(21)11-5-4-6-12-20/h4-6,11,13,15-16H,7-10,12H2,1-3H3,(H,23,27)(H,22,24,25)/t15-,16+,20?. The van der Waals surface area contributed by atoms with Crippen LogP contribution in [0.2, 0.25) is 0 Å². The molecule has 1 aromatic rings. The van der Waals surface area contributed by atoms with E-state index in [1.54, 1.807) is 0 Å². The van der Waals surface area contributed by atoms with Crippen LogP contribution in [0.25, 0.3) is 0 Å². The van der Waals surface area contributed by atoms with Crippen molar-refractivity contribution in [2.75, 3.05) is 24.3 Å². The summed E-state index contributed by atoms with van der Waals surface area (Å²) in [4.78, 5) is 23.6. The van der Waals surface area contributed by atoms with Crippen LogP contribution >= 0.6 is 15.9 Å². The number of allylic oxidation sites excluding steroid dienone is 3. The maximum Gasteiger partial charge on any atom is 0.241 e. The highest BCUT2D eigenvalue weighted by Gasteiger charge is 2.34. The van der Waals surface area contributed by atoms with Gasteiger partial charge in [0.2, 0.25) is 11.9 Å². The quantitative estimate of drug-likeness (QED) is 0.696. The summed E-state index contributed by atoms with van der Waals surface area (Å²) in [6.45, 7) is 2.01. The van der Waals surface area contributed by atoms with E-state index in [1.165, 1.54) is 0 Å². The Labute approximate surface area is 169 Å². The number of anilines is 2. The van der Waals surface area contributed by atoms with Crippen LogP contribution in [0, 0.1) is 6.92 Å². The second kappa shape index (κ2) is 8.42. The number of nitrogens with zero attached hydrogens (tertiary/aromatic N) is 3. The van der Waals surface area contributed by atoms with Gasteiger partial charge in [0.25, 0.3) is 0 Å². The van der Waals surface area contributed by atoms with Gasteiger partial charge in [-0.15, -0.1) is 0 Å². The molecule has 0 radical (unpaired) electrons. The van der Waals surface area contributed by atoms with Crippen molar-refractivity contribution in [2.45, 2.75) is 55.4 Å². The summed E-state index contributed by atoms with van der Waals surface area (Å²) >= 11 is 3.59. The zero-order valence-electron chi connectivity index (χ0n) is 16.2. The van der Waals surface area contributed by atoms with Crippen LogP contribution in [0.1, 0.15) is 37.7 Å². The average Bonchev–Trinajstić information content (AvgIpc) is 2.65. The Morgan fingerprint density at radius 1 is 1.22 bits per heavy atom. The minimum absolute atomic E-state index is 0.0528. The number of rotatable bonds is 5. The maximum atomic E-state index is 12.6. The molecule has 146 valence electrons. The molecule has 0 spiro atoms. The fourth-order valence-corrected chi connectivity index (χ4v) is 4.04. The molecule has 2 aliphatic rings. The minimum Gasteiger partial charge on any atom is -0.362 e. The Balaban J connectivity index is 1.51. The number of hydrogen-bond donors (Lipinski definition) is 2. The van der Waals surface area contributed by atoms with E-state index in [2.05, 4.69) is 36.5 Å². The smallest absolute Gasteiger partial charge is 0.241 e. The molecule has 1 aromatic heterocycles. The number of carbonyl (C=O) groups excluding carboxylic acids is 1. The summed E-state index contributed by atoms with van der Waals surface area (Å²) in [7, 11) is 3.97. The van der Waals surface area contributed by atoms with Crippen LogP contribution < -0.4 is 15.5 Å². The SMILES string of the molecule is Cc1cnc(N[C@H]2CC[C@@H](NC(=O)C3(Br)C=CC=CC3)CC2)nc1N(C)C. The van der Waals surface area contributed by atoms with Gasteiger partial charge in [-0.25, -0.2) is 4.98 Å². The third-order valence-electron chi connectivity index (χ3n) is 5.16. The first kappa shape index (κ1) is 19.9. The predicted octanol–water partition coefficient (Wildman–Crippen LogP) is 3.34. The molecule has 3 rings (SSSR count). The van der Waals surface area contributed by atoms with Gasteiger partial charge in [-0.2, -0.15) is 4.98 Å². The molecule has 0 bridgehead atoms. The fourth-order valence-electron chi connectivity index (χ4n) is 3.59. The van der Waals surface area contributed by atoms with E-state index in [0.29, 0.717) is 18.4 Å². The Morgan fingerprint density at radius 3 is 2.56 bits per heavy atom. The predicted molar refractivity (Wildman–Crippen MR) is 113 cm³/mol. The second-order valence-electron chi connectivity index (χ2n) is 7.61. The van der Waals surface area contributed by atoms with Crippen molar-refractivity contribution in [1.82, 2.24) is 15.3 Å². The molecule has 27 heavy (non-hydrogen) atoms. The zero-order chi connectivity index (χ0) is 19.4. The molecule has 0 aromatic carbocycles. The van der Waals surface area contributed by atoms with Gasteiger partial charge in [0, 0.05) is 37.9 Å². The molecule has 1 amide bonds. The number of halogens is 1. The number of carbonyl (C=O) groups is 1. The summed E-state index contributed by atoms with van der Waals surface area (Å²) in [5.41, 5.74) is 1.06. The fraction of sp³-hybridized carbons (Fsp3) is 0.550. The summed E-state index contributed by atoms with van der Waals surface area (Å²) in [6.07, 6.45) is 14.3. The highest BCUT2D eigenvalue weighted by atomic mass is 79.9. The van der Waals surface area contributed by atoms with E-state index in [9.17, 15) is 4.79 Å². The molecule has 0 saturated heterocycles. The Hall–Kier alpha value is -1.89. The molecule has 1 unspecified atom stereocenters. The van der Waals surface area contributed by atoms with Crippen molar-refractivity contribution in [1.29, 1.82) is 0 Å². The number of aryl methyl sites for hydroxylation is 1.